The van der Waals surface area contributed by atoms with Crippen molar-refractivity contribution in [2.45, 2.75) is 131 Å². The Labute approximate surface area is 409 Å². The number of benzene rings is 3. The van der Waals surface area contributed by atoms with Crippen molar-refractivity contribution in [3.05, 3.63) is 97.6 Å². The summed E-state index contributed by atoms with van der Waals surface area (Å²) in [7, 11) is 3.60. The minimum atomic E-state index is -1.31. The van der Waals surface area contributed by atoms with Gasteiger partial charge in [-0.3, -0.25) is 43.3 Å². The Morgan fingerprint density at radius 2 is 1.55 bits per heavy atom. The minimum absolute atomic E-state index is 0.0641. The van der Waals surface area contributed by atoms with Gasteiger partial charge >= 0.3 is 5.69 Å². The molecule has 4 aliphatic carbocycles. The average molecular weight is 977 g/mol. The van der Waals surface area contributed by atoms with E-state index in [1.807, 2.05) is 30.1 Å². The number of aromatic nitrogens is 2. The van der Waals surface area contributed by atoms with E-state index < -0.39 is 51.6 Å². The molecule has 7 fully saturated rings. The van der Waals surface area contributed by atoms with Crippen LogP contribution in [0.5, 0.6) is 0 Å². The Kier molecular flexibility index (Phi) is 11.2. The van der Waals surface area contributed by atoms with Gasteiger partial charge in [0.25, 0.3) is 0 Å². The molecular formula is C53H56Cl2FN7O6. The third-order valence-electron chi connectivity index (χ3n) is 17.8. The van der Waals surface area contributed by atoms with Gasteiger partial charge in [0.05, 0.1) is 22.1 Å². The Hall–Kier alpha value is -5.49. The first-order chi connectivity index (χ1) is 33.1. The topological polar surface area (TPSA) is 155 Å². The SMILES string of the molecule is CN1[C@@H](C(=O)NC23CCC(C(=O)N4CCC(C#Cc5ccc6c(c5)n(C)c(=O)n6C5CCC(=O)NC5=O)CC4)(CC2)CC3)[C@H](c2cccc(Cl)c2F)[C@]2(C(=O)Nc3cc(Cl)ccc32)C12CCCCC2. The number of halogens is 3. The molecular weight excluding hydrogens is 921 g/mol. The van der Waals surface area contributed by atoms with E-state index in [0.29, 0.717) is 86.2 Å². The molecule has 4 aliphatic heterocycles. The number of hydrogen-bond acceptors (Lipinski definition) is 7. The molecule has 4 atom stereocenters. The molecule has 12 rings (SSSR count). The van der Waals surface area contributed by atoms with Crippen molar-refractivity contribution in [3.63, 3.8) is 0 Å². The van der Waals surface area contributed by atoms with Crippen LogP contribution in [0.2, 0.25) is 10.0 Å². The molecule has 5 heterocycles. The third kappa shape index (κ3) is 6.95. The maximum Gasteiger partial charge on any atom is 0.329 e. The summed E-state index contributed by atoms with van der Waals surface area (Å²) in [5.41, 5.74) is 0.0900. The zero-order valence-corrected chi connectivity index (χ0v) is 40.4. The number of likely N-dealkylation sites (tertiary alicyclic amines) is 2. The number of aryl methyl sites for hydroxylation is 1. The summed E-state index contributed by atoms with van der Waals surface area (Å²) in [4.78, 5) is 86.6. The first-order valence-electron chi connectivity index (χ1n) is 24.6. The number of anilines is 1. The van der Waals surface area contributed by atoms with E-state index >= 15 is 9.18 Å². The van der Waals surface area contributed by atoms with E-state index in [4.69, 9.17) is 23.2 Å². The average Bonchev–Trinajstić information content (AvgIpc) is 3.86. The summed E-state index contributed by atoms with van der Waals surface area (Å²) in [5, 5.41) is 9.42. The van der Waals surface area contributed by atoms with Crippen molar-refractivity contribution >= 4 is 69.5 Å². The predicted molar refractivity (Wildman–Crippen MR) is 259 cm³/mol. The number of rotatable bonds is 5. The summed E-state index contributed by atoms with van der Waals surface area (Å²) in [6, 6.07) is 14.1. The van der Waals surface area contributed by atoms with E-state index in [0.717, 1.165) is 43.2 Å². The molecule has 5 amide bonds. The van der Waals surface area contributed by atoms with Crippen LogP contribution in [0.4, 0.5) is 10.1 Å². The number of fused-ring (bicyclic) bond motifs is 7. The smallest absolute Gasteiger partial charge is 0.329 e. The van der Waals surface area contributed by atoms with E-state index in [9.17, 15) is 24.0 Å². The zero-order chi connectivity index (χ0) is 48.2. The van der Waals surface area contributed by atoms with Crippen LogP contribution in [-0.4, -0.2) is 85.7 Å². The number of imidazole rings is 1. The Morgan fingerprint density at radius 3 is 2.26 bits per heavy atom. The highest BCUT2D eigenvalue weighted by Crippen LogP contribution is 2.66. The molecule has 69 heavy (non-hydrogen) atoms. The van der Waals surface area contributed by atoms with Gasteiger partial charge in [-0.15, -0.1) is 0 Å². The lowest BCUT2D eigenvalue weighted by Gasteiger charge is -2.54. The van der Waals surface area contributed by atoms with Crippen molar-refractivity contribution in [2.24, 2.45) is 18.4 Å². The van der Waals surface area contributed by atoms with Crippen molar-refractivity contribution < 1.29 is 28.4 Å². The van der Waals surface area contributed by atoms with Gasteiger partial charge < -0.3 is 15.5 Å². The van der Waals surface area contributed by atoms with Crippen LogP contribution in [0, 0.1) is 29.0 Å². The van der Waals surface area contributed by atoms with E-state index in [1.165, 1.54) is 15.2 Å². The van der Waals surface area contributed by atoms with Crippen LogP contribution in [0.25, 0.3) is 11.0 Å². The van der Waals surface area contributed by atoms with Crippen LogP contribution >= 0.6 is 23.2 Å². The molecule has 2 bridgehead atoms. The summed E-state index contributed by atoms with van der Waals surface area (Å²) in [6.07, 6.45) is 9.83. The molecule has 2 spiro atoms. The number of piperidine rings is 2. The highest BCUT2D eigenvalue weighted by Gasteiger charge is 2.75. The first-order valence-corrected chi connectivity index (χ1v) is 25.3. The van der Waals surface area contributed by atoms with E-state index in [2.05, 4.69) is 32.7 Å². The van der Waals surface area contributed by atoms with Gasteiger partial charge in [0, 0.05) is 71.2 Å². The fraction of sp³-hybridized carbons (Fsp3) is 0.509. The molecule has 1 unspecified atom stereocenters. The Balaban J connectivity index is 0.786. The van der Waals surface area contributed by atoms with Crippen LogP contribution in [-0.2, 0) is 36.4 Å². The van der Waals surface area contributed by atoms with Gasteiger partial charge in [0.1, 0.15) is 17.3 Å². The summed E-state index contributed by atoms with van der Waals surface area (Å²) >= 11 is 13.0. The summed E-state index contributed by atoms with van der Waals surface area (Å²) < 4.78 is 19.6. The number of nitrogens with zero attached hydrogens (tertiary/aromatic N) is 4. The molecule has 360 valence electrons. The lowest BCUT2D eigenvalue weighted by Crippen LogP contribution is -2.63. The Morgan fingerprint density at radius 1 is 0.826 bits per heavy atom. The van der Waals surface area contributed by atoms with Crippen LogP contribution < -0.4 is 21.6 Å². The van der Waals surface area contributed by atoms with Gasteiger partial charge in [-0.05, 0) is 125 Å². The molecule has 4 saturated carbocycles. The summed E-state index contributed by atoms with van der Waals surface area (Å²) in [6.45, 7) is 1.21. The van der Waals surface area contributed by atoms with Gasteiger partial charge in [-0.1, -0.05) is 72.5 Å². The molecule has 4 aromatic rings. The maximum atomic E-state index is 16.6. The van der Waals surface area contributed by atoms with Gasteiger partial charge in [-0.2, -0.15) is 0 Å². The number of carbonyl (C=O) groups is 5. The molecule has 16 heteroatoms. The van der Waals surface area contributed by atoms with Crippen LogP contribution in [0.3, 0.4) is 0 Å². The molecule has 1 aromatic heterocycles. The van der Waals surface area contributed by atoms with E-state index in [-0.39, 0.29) is 58.7 Å². The zero-order valence-electron chi connectivity index (χ0n) is 38.9. The molecule has 3 aromatic carbocycles. The first kappa shape index (κ1) is 45.9. The number of amides is 5. The third-order valence-corrected chi connectivity index (χ3v) is 18.3. The van der Waals surface area contributed by atoms with Crippen molar-refractivity contribution in [1.82, 2.24) is 29.6 Å². The van der Waals surface area contributed by atoms with Crippen molar-refractivity contribution in [2.75, 3.05) is 25.5 Å². The maximum absolute atomic E-state index is 16.6. The predicted octanol–water partition coefficient (Wildman–Crippen LogP) is 7.25. The van der Waals surface area contributed by atoms with Gasteiger partial charge in [-0.25, -0.2) is 9.18 Å². The number of carbonyl (C=O) groups excluding carboxylic acids is 5. The van der Waals surface area contributed by atoms with Crippen molar-refractivity contribution in [3.8, 4) is 11.8 Å². The quantitative estimate of drug-likeness (QED) is 0.141. The van der Waals surface area contributed by atoms with Gasteiger partial charge in [0.15, 0.2) is 0 Å². The van der Waals surface area contributed by atoms with Gasteiger partial charge in [0.2, 0.25) is 29.5 Å². The largest absolute Gasteiger partial charge is 0.349 e. The fourth-order valence-corrected chi connectivity index (χ4v) is 14.5. The van der Waals surface area contributed by atoms with Crippen LogP contribution in [0.15, 0.2) is 59.4 Å². The number of nitrogens with one attached hydrogen (secondary N) is 3. The molecule has 0 radical (unpaired) electrons. The van der Waals surface area contributed by atoms with E-state index in [1.54, 1.807) is 37.4 Å². The number of likely N-dealkylation sites (N-methyl/N-ethyl adjacent to an activating group) is 1. The normalized spacial score (nSPS) is 29.8. The summed E-state index contributed by atoms with van der Waals surface area (Å²) in [5.74, 6) is 4.15. The second-order valence-electron chi connectivity index (χ2n) is 21.0. The second-order valence-corrected chi connectivity index (χ2v) is 21.8. The second kappa shape index (κ2) is 16.8. The monoisotopic (exact) mass is 975 g/mol. The standard InChI is InChI=1S/C53H56Cl2FN7O6/c1-60-40-29-32(11-14-38(40)63(49(60)69)39-15-16-41(64)58-45(39)65)10-9-31-17-27-62(28-18-31)48(68)50-21-24-51(25-22-50,26-23-50)59-46(66)44-42(34-7-6-8-36(55)43(34)56)53(52(61(44)2)19-4-3-5-20-52)35-13-12-33(54)30-37(35)57-47(53)67/h6-8,11-14,29-31,39,42,44H,3-5,15-28H2,1-2H3,(H,57,67)(H,59,66)(H,58,64,65)/t39?,42-,44+,50?,51?,53+/m0/s1. The Bertz CT molecular complexity index is 2970. The molecule has 13 nitrogen and oxygen atoms in total. The molecule has 8 aliphatic rings. The number of imide groups is 1. The highest BCUT2D eigenvalue weighted by atomic mass is 35.5. The van der Waals surface area contributed by atoms with Crippen molar-refractivity contribution in [1.29, 1.82) is 0 Å². The minimum Gasteiger partial charge on any atom is -0.349 e. The van der Waals surface area contributed by atoms with Crippen LogP contribution in [0.1, 0.15) is 125 Å². The number of hydrogen-bond donors (Lipinski definition) is 3. The fourth-order valence-electron chi connectivity index (χ4n) is 14.2. The highest BCUT2D eigenvalue weighted by molar-refractivity contribution is 6.31. The lowest BCUT2D eigenvalue weighted by molar-refractivity contribution is -0.152. The molecule has 3 saturated heterocycles. The lowest BCUT2D eigenvalue weighted by atomic mass is 9.55. The molecule has 3 N–H and O–H groups in total.